The molecule has 2 aliphatic rings. The number of nitrogens with zero attached hydrogens (tertiary/aromatic N) is 3. The van der Waals surface area contributed by atoms with Crippen LogP contribution in [0.1, 0.15) is 24.8 Å². The monoisotopic (exact) mass is 395 g/mol. The van der Waals surface area contributed by atoms with Crippen molar-refractivity contribution in [2.45, 2.75) is 19.1 Å². The molecule has 1 saturated heterocycles. The van der Waals surface area contributed by atoms with E-state index in [2.05, 4.69) is 14.8 Å². The second kappa shape index (κ2) is 6.99. The Hall–Kier alpha value is -2.79. The quantitative estimate of drug-likeness (QED) is 0.568. The zero-order valence-corrected chi connectivity index (χ0v) is 15.9. The van der Waals surface area contributed by atoms with Crippen LogP contribution in [-0.4, -0.2) is 18.1 Å². The maximum absolute atomic E-state index is 13.6. The Labute approximate surface area is 168 Å². The van der Waals surface area contributed by atoms with Crippen molar-refractivity contribution in [3.05, 3.63) is 77.3 Å². The smallest absolute Gasteiger partial charge is 0.220 e. The molecule has 4 nitrogen and oxygen atoms in total. The molecule has 3 aromatic rings. The fraction of sp³-hybridized carbons (Fsp3) is 0.227. The molecule has 0 N–H and O–H groups in total. The van der Waals surface area contributed by atoms with Gasteiger partial charge >= 0.3 is 0 Å². The van der Waals surface area contributed by atoms with Gasteiger partial charge in [0.05, 0.1) is 10.7 Å². The minimum absolute atomic E-state index is 0.274. The molecule has 6 heteroatoms. The fourth-order valence-electron chi connectivity index (χ4n) is 3.98. The molecule has 0 spiro atoms. The largest absolute Gasteiger partial charge is 0.462 e. The third-order valence-electron chi connectivity index (χ3n) is 5.25. The third-order valence-corrected chi connectivity index (χ3v) is 5.55. The molecule has 1 unspecified atom stereocenters. The summed E-state index contributed by atoms with van der Waals surface area (Å²) in [7, 11) is 0. The van der Waals surface area contributed by atoms with Crippen molar-refractivity contribution in [2.24, 2.45) is 0 Å². The molecule has 0 aliphatic carbocycles. The van der Waals surface area contributed by atoms with Crippen LogP contribution in [0.5, 0.6) is 5.75 Å². The molecular weight excluding hydrogens is 377 g/mol. The van der Waals surface area contributed by atoms with Crippen LogP contribution in [0.15, 0.2) is 60.8 Å². The third kappa shape index (κ3) is 2.87. The summed E-state index contributed by atoms with van der Waals surface area (Å²) >= 11 is 6.66. The first-order chi connectivity index (χ1) is 13.7. The van der Waals surface area contributed by atoms with Crippen LogP contribution in [0, 0.1) is 5.82 Å². The van der Waals surface area contributed by atoms with E-state index in [0.29, 0.717) is 5.02 Å². The van der Waals surface area contributed by atoms with E-state index < -0.39 is 6.23 Å². The predicted octanol–water partition coefficient (Wildman–Crippen LogP) is 5.70. The number of ether oxygens (including phenoxy) is 1. The Morgan fingerprint density at radius 1 is 0.964 bits per heavy atom. The number of anilines is 3. The molecule has 1 atom stereocenters. The van der Waals surface area contributed by atoms with Gasteiger partial charge in [0, 0.05) is 25.0 Å². The van der Waals surface area contributed by atoms with Gasteiger partial charge in [-0.2, -0.15) is 0 Å². The number of fused-ring (bicyclic) bond motifs is 1. The molecule has 3 heterocycles. The summed E-state index contributed by atoms with van der Waals surface area (Å²) in [5.74, 6) is 0.482. The standard InChI is InChI=1S/C22H19ClFN3O/c23-17-10-11-19-21(20(17)26-13-3-4-14-26)27(16-8-6-15(24)7-9-16)22(28-19)18-5-1-2-12-25-18/h1-2,5-12,22H,3-4,13-14H2. The van der Waals surface area contributed by atoms with Crippen molar-refractivity contribution in [2.75, 3.05) is 22.9 Å². The van der Waals surface area contributed by atoms with Gasteiger partial charge < -0.3 is 9.64 Å². The van der Waals surface area contributed by atoms with Gasteiger partial charge in [-0.3, -0.25) is 9.88 Å². The van der Waals surface area contributed by atoms with E-state index in [4.69, 9.17) is 16.3 Å². The van der Waals surface area contributed by atoms with E-state index in [1.165, 1.54) is 12.1 Å². The van der Waals surface area contributed by atoms with Crippen molar-refractivity contribution in [1.82, 2.24) is 4.98 Å². The Kier molecular flexibility index (Phi) is 4.32. The van der Waals surface area contributed by atoms with Gasteiger partial charge in [-0.05, 0) is 61.4 Å². The lowest BCUT2D eigenvalue weighted by atomic mass is 10.1. The highest BCUT2D eigenvalue weighted by atomic mass is 35.5. The highest BCUT2D eigenvalue weighted by molar-refractivity contribution is 6.34. The predicted molar refractivity (Wildman–Crippen MR) is 109 cm³/mol. The van der Waals surface area contributed by atoms with Gasteiger partial charge in [0.2, 0.25) is 6.23 Å². The number of halogens is 2. The van der Waals surface area contributed by atoms with Gasteiger partial charge in [-0.15, -0.1) is 0 Å². The fourth-order valence-corrected chi connectivity index (χ4v) is 4.25. The maximum Gasteiger partial charge on any atom is 0.220 e. The van der Waals surface area contributed by atoms with E-state index in [-0.39, 0.29) is 5.82 Å². The first kappa shape index (κ1) is 17.3. The SMILES string of the molecule is Fc1ccc(N2c3c(ccc(Cl)c3N3CCCC3)OC2c2ccccn2)cc1. The summed E-state index contributed by atoms with van der Waals surface area (Å²) in [4.78, 5) is 8.87. The molecule has 2 aromatic carbocycles. The van der Waals surface area contributed by atoms with E-state index in [1.54, 1.807) is 18.3 Å². The summed E-state index contributed by atoms with van der Waals surface area (Å²) in [6.45, 7) is 1.92. The lowest BCUT2D eigenvalue weighted by Gasteiger charge is -2.29. The van der Waals surface area contributed by atoms with E-state index in [9.17, 15) is 4.39 Å². The molecule has 5 rings (SSSR count). The average Bonchev–Trinajstić information content (AvgIpc) is 3.37. The van der Waals surface area contributed by atoms with Crippen LogP contribution in [0.3, 0.4) is 0 Å². The van der Waals surface area contributed by atoms with Crippen molar-refractivity contribution >= 4 is 28.7 Å². The summed E-state index contributed by atoms with van der Waals surface area (Å²) in [6, 6.07) is 16.0. The second-order valence-corrected chi connectivity index (χ2v) is 7.42. The Morgan fingerprint density at radius 2 is 1.75 bits per heavy atom. The molecule has 0 radical (unpaired) electrons. The average molecular weight is 396 g/mol. The molecule has 142 valence electrons. The number of benzene rings is 2. The molecule has 2 aliphatic heterocycles. The zero-order valence-electron chi connectivity index (χ0n) is 15.2. The summed E-state index contributed by atoms with van der Waals surface area (Å²) < 4.78 is 19.9. The highest BCUT2D eigenvalue weighted by Crippen LogP contribution is 2.54. The minimum Gasteiger partial charge on any atom is -0.462 e. The Morgan fingerprint density at radius 3 is 2.46 bits per heavy atom. The number of hydrogen-bond acceptors (Lipinski definition) is 4. The van der Waals surface area contributed by atoms with Gasteiger partial charge in [0.1, 0.15) is 22.9 Å². The van der Waals surface area contributed by atoms with Gasteiger partial charge in [0.25, 0.3) is 0 Å². The Bertz CT molecular complexity index is 991. The van der Waals surface area contributed by atoms with Gasteiger partial charge in [0.15, 0.2) is 0 Å². The lowest BCUT2D eigenvalue weighted by molar-refractivity contribution is 0.235. The first-order valence-electron chi connectivity index (χ1n) is 9.42. The van der Waals surface area contributed by atoms with Crippen LogP contribution in [0.2, 0.25) is 5.02 Å². The number of aromatic nitrogens is 1. The molecule has 1 aromatic heterocycles. The van der Waals surface area contributed by atoms with Gasteiger partial charge in [-0.1, -0.05) is 17.7 Å². The first-order valence-corrected chi connectivity index (χ1v) is 9.80. The molecule has 0 saturated carbocycles. The van der Waals surface area contributed by atoms with Crippen LogP contribution in [0.4, 0.5) is 21.5 Å². The lowest BCUT2D eigenvalue weighted by Crippen LogP contribution is -2.26. The van der Waals surface area contributed by atoms with Gasteiger partial charge in [-0.25, -0.2) is 4.39 Å². The van der Waals surface area contributed by atoms with Crippen LogP contribution in [0.25, 0.3) is 0 Å². The molecule has 0 amide bonds. The normalized spacial score (nSPS) is 18.3. The molecule has 0 bridgehead atoms. The van der Waals surface area contributed by atoms with Crippen molar-refractivity contribution < 1.29 is 9.13 Å². The van der Waals surface area contributed by atoms with Crippen molar-refractivity contribution in [1.29, 1.82) is 0 Å². The number of rotatable bonds is 3. The van der Waals surface area contributed by atoms with Crippen LogP contribution < -0.4 is 14.5 Å². The highest BCUT2D eigenvalue weighted by Gasteiger charge is 2.38. The van der Waals surface area contributed by atoms with Crippen molar-refractivity contribution in [3.8, 4) is 5.75 Å². The topological polar surface area (TPSA) is 28.6 Å². The Balaban J connectivity index is 1.70. The minimum atomic E-state index is -0.443. The summed E-state index contributed by atoms with van der Waals surface area (Å²) in [5.41, 5.74) is 3.50. The zero-order chi connectivity index (χ0) is 19.1. The maximum atomic E-state index is 13.6. The second-order valence-electron chi connectivity index (χ2n) is 7.01. The summed E-state index contributed by atoms with van der Waals surface area (Å²) in [6.07, 6.45) is 3.59. The van der Waals surface area contributed by atoms with E-state index >= 15 is 0 Å². The molecule has 1 fully saturated rings. The van der Waals surface area contributed by atoms with Crippen LogP contribution in [-0.2, 0) is 0 Å². The van der Waals surface area contributed by atoms with E-state index in [0.717, 1.165) is 54.4 Å². The summed E-state index contributed by atoms with van der Waals surface area (Å²) in [5, 5.41) is 0.693. The number of pyridine rings is 1. The molecular formula is C22H19ClFN3O. The number of hydrogen-bond donors (Lipinski definition) is 0. The van der Waals surface area contributed by atoms with Crippen molar-refractivity contribution in [3.63, 3.8) is 0 Å². The molecule has 28 heavy (non-hydrogen) atoms. The van der Waals surface area contributed by atoms with Crippen LogP contribution >= 0.6 is 11.6 Å². The van der Waals surface area contributed by atoms with E-state index in [1.807, 2.05) is 30.3 Å².